The van der Waals surface area contributed by atoms with Crippen LogP contribution < -0.4 is 15.4 Å². The van der Waals surface area contributed by atoms with Crippen molar-refractivity contribution >= 4 is 11.8 Å². The van der Waals surface area contributed by atoms with Gasteiger partial charge in [0.2, 0.25) is 5.91 Å². The lowest BCUT2D eigenvalue weighted by molar-refractivity contribution is -0.138. The van der Waals surface area contributed by atoms with Crippen LogP contribution in [0.5, 0.6) is 5.75 Å². The first-order valence-corrected chi connectivity index (χ1v) is 9.99. The monoisotopic (exact) mass is 431 g/mol. The fourth-order valence-corrected chi connectivity index (χ4v) is 3.32. The Kier molecular flexibility index (Phi) is 8.05. The van der Waals surface area contributed by atoms with E-state index < -0.39 is 29.1 Å². The second-order valence-corrected chi connectivity index (χ2v) is 7.26. The summed E-state index contributed by atoms with van der Waals surface area (Å²) >= 11 is 0. The van der Waals surface area contributed by atoms with E-state index in [1.165, 1.54) is 7.05 Å². The first-order chi connectivity index (χ1) is 14.2. The third-order valence-corrected chi connectivity index (χ3v) is 5.43. The van der Waals surface area contributed by atoms with Crippen LogP contribution >= 0.6 is 0 Å². The van der Waals surface area contributed by atoms with Gasteiger partial charge in [-0.3, -0.25) is 9.59 Å². The highest BCUT2D eigenvalue weighted by Crippen LogP contribution is 2.33. The third-order valence-electron chi connectivity index (χ3n) is 5.43. The van der Waals surface area contributed by atoms with E-state index >= 15 is 0 Å². The Labute approximate surface area is 173 Å². The Morgan fingerprint density at radius 1 is 1.23 bits per heavy atom. The van der Waals surface area contributed by atoms with Gasteiger partial charge in [-0.2, -0.15) is 13.2 Å². The largest absolute Gasteiger partial charge is 0.491 e. The van der Waals surface area contributed by atoms with Crippen molar-refractivity contribution in [3.63, 3.8) is 0 Å². The Balaban J connectivity index is 2.31. The minimum absolute atomic E-state index is 0.112. The Hall–Kier alpha value is -2.36. The van der Waals surface area contributed by atoms with E-state index in [1.807, 2.05) is 0 Å². The molecule has 1 aromatic rings. The first kappa shape index (κ1) is 23.9. The lowest BCUT2D eigenvalue weighted by Gasteiger charge is -2.31. The SMILES string of the molecule is CCC(CC)(NC(=O)c1ncc(C(F)(F)F)cc1OCC1CCOCC1)C(=O)NC. The number of ether oxygens (including phenoxy) is 2. The van der Waals surface area contributed by atoms with E-state index in [9.17, 15) is 22.8 Å². The van der Waals surface area contributed by atoms with Crippen LogP contribution in [0.3, 0.4) is 0 Å². The van der Waals surface area contributed by atoms with Crippen molar-refractivity contribution in [1.82, 2.24) is 15.6 Å². The summed E-state index contributed by atoms with van der Waals surface area (Å²) in [6.45, 7) is 4.74. The molecule has 0 bridgehead atoms. The second-order valence-electron chi connectivity index (χ2n) is 7.26. The second kappa shape index (κ2) is 10.1. The predicted molar refractivity (Wildman–Crippen MR) is 103 cm³/mol. The topological polar surface area (TPSA) is 89.6 Å². The minimum atomic E-state index is -4.63. The zero-order valence-electron chi connectivity index (χ0n) is 17.4. The van der Waals surface area contributed by atoms with Crippen molar-refractivity contribution in [1.29, 1.82) is 0 Å². The number of carbonyl (C=O) groups excluding carboxylic acids is 2. The van der Waals surface area contributed by atoms with Crippen LogP contribution in [0.2, 0.25) is 0 Å². The van der Waals surface area contributed by atoms with Crippen molar-refractivity contribution < 1.29 is 32.2 Å². The number of hydrogen-bond donors (Lipinski definition) is 2. The molecule has 168 valence electrons. The zero-order valence-corrected chi connectivity index (χ0v) is 17.4. The third kappa shape index (κ3) is 5.62. The molecule has 2 amide bonds. The van der Waals surface area contributed by atoms with Crippen molar-refractivity contribution in [2.75, 3.05) is 26.9 Å². The number of nitrogens with zero attached hydrogens (tertiary/aromatic N) is 1. The fourth-order valence-electron chi connectivity index (χ4n) is 3.32. The molecule has 0 atom stereocenters. The molecule has 0 aromatic carbocycles. The molecule has 0 saturated carbocycles. The Morgan fingerprint density at radius 2 is 1.87 bits per heavy atom. The molecule has 1 saturated heterocycles. The highest BCUT2D eigenvalue weighted by Gasteiger charge is 2.38. The quantitative estimate of drug-likeness (QED) is 0.661. The van der Waals surface area contributed by atoms with Crippen molar-refractivity contribution in [2.24, 2.45) is 5.92 Å². The number of nitrogens with one attached hydrogen (secondary N) is 2. The molecular weight excluding hydrogens is 403 g/mol. The number of aromatic nitrogens is 1. The highest BCUT2D eigenvalue weighted by molar-refractivity contribution is 5.99. The van der Waals surface area contributed by atoms with Gasteiger partial charge in [0.05, 0.1) is 12.2 Å². The molecule has 2 heterocycles. The molecule has 1 aromatic heterocycles. The van der Waals surface area contributed by atoms with Gasteiger partial charge in [0.1, 0.15) is 5.54 Å². The van der Waals surface area contributed by atoms with Crippen LogP contribution in [0.4, 0.5) is 13.2 Å². The lowest BCUT2D eigenvalue weighted by Crippen LogP contribution is -2.57. The minimum Gasteiger partial charge on any atom is -0.491 e. The zero-order chi connectivity index (χ0) is 22.4. The summed E-state index contributed by atoms with van der Waals surface area (Å²) in [4.78, 5) is 29.0. The van der Waals surface area contributed by atoms with Crippen molar-refractivity contribution in [2.45, 2.75) is 51.2 Å². The van der Waals surface area contributed by atoms with Crippen LogP contribution in [-0.2, 0) is 15.7 Å². The lowest BCUT2D eigenvalue weighted by atomic mass is 9.91. The van der Waals surface area contributed by atoms with E-state index in [0.717, 1.165) is 18.9 Å². The summed E-state index contributed by atoms with van der Waals surface area (Å²) in [5.74, 6) is -1.30. The van der Waals surface area contributed by atoms with Gasteiger partial charge in [-0.1, -0.05) is 13.8 Å². The van der Waals surface area contributed by atoms with Gasteiger partial charge < -0.3 is 20.1 Å². The molecule has 0 aliphatic carbocycles. The van der Waals surface area contributed by atoms with Gasteiger partial charge in [0.15, 0.2) is 11.4 Å². The molecule has 2 rings (SSSR count). The molecule has 1 aliphatic rings. The summed E-state index contributed by atoms with van der Waals surface area (Å²) in [5.41, 5.74) is -2.50. The molecule has 10 heteroatoms. The van der Waals surface area contributed by atoms with E-state index in [0.29, 0.717) is 32.3 Å². The number of pyridine rings is 1. The maximum atomic E-state index is 13.2. The smallest absolute Gasteiger partial charge is 0.418 e. The molecule has 0 spiro atoms. The number of amides is 2. The van der Waals surface area contributed by atoms with Crippen molar-refractivity contribution in [3.05, 3.63) is 23.5 Å². The maximum Gasteiger partial charge on any atom is 0.418 e. The van der Waals surface area contributed by atoms with Gasteiger partial charge >= 0.3 is 6.18 Å². The average molecular weight is 431 g/mol. The van der Waals surface area contributed by atoms with Gasteiger partial charge in [-0.05, 0) is 37.7 Å². The number of likely N-dealkylation sites (N-methyl/N-ethyl adjacent to an activating group) is 1. The summed E-state index contributed by atoms with van der Waals surface area (Å²) in [6, 6.07) is 0.778. The highest BCUT2D eigenvalue weighted by atomic mass is 19.4. The normalized spacial score (nSPS) is 15.5. The molecule has 0 unspecified atom stereocenters. The van der Waals surface area contributed by atoms with Crippen LogP contribution in [0.25, 0.3) is 0 Å². The number of halogens is 3. The molecule has 1 aliphatic heterocycles. The van der Waals surface area contributed by atoms with Crippen LogP contribution in [0.1, 0.15) is 55.6 Å². The summed E-state index contributed by atoms with van der Waals surface area (Å²) in [5, 5.41) is 5.15. The number of rotatable bonds is 8. The maximum absolute atomic E-state index is 13.2. The molecule has 7 nitrogen and oxygen atoms in total. The van der Waals surface area contributed by atoms with Gasteiger partial charge in [0.25, 0.3) is 5.91 Å². The van der Waals surface area contributed by atoms with Crippen molar-refractivity contribution in [3.8, 4) is 5.75 Å². The van der Waals surface area contributed by atoms with Crippen LogP contribution in [-0.4, -0.2) is 49.2 Å². The van der Waals surface area contributed by atoms with Gasteiger partial charge in [-0.25, -0.2) is 4.98 Å². The Morgan fingerprint density at radius 3 is 2.40 bits per heavy atom. The molecule has 1 fully saturated rings. The van der Waals surface area contributed by atoms with E-state index in [4.69, 9.17) is 9.47 Å². The molecular formula is C20H28F3N3O4. The Bertz CT molecular complexity index is 745. The van der Waals surface area contributed by atoms with Gasteiger partial charge in [0, 0.05) is 26.5 Å². The fraction of sp³-hybridized carbons (Fsp3) is 0.650. The summed E-state index contributed by atoms with van der Waals surface area (Å²) in [6.07, 6.45) is -1.99. The van der Waals surface area contributed by atoms with Crippen LogP contribution in [0, 0.1) is 5.92 Å². The average Bonchev–Trinajstić information content (AvgIpc) is 2.75. The van der Waals surface area contributed by atoms with Crippen LogP contribution in [0.15, 0.2) is 12.3 Å². The molecule has 30 heavy (non-hydrogen) atoms. The number of alkyl halides is 3. The van der Waals surface area contributed by atoms with Gasteiger partial charge in [-0.15, -0.1) is 0 Å². The van der Waals surface area contributed by atoms with E-state index in [-0.39, 0.29) is 24.0 Å². The first-order valence-electron chi connectivity index (χ1n) is 9.99. The number of carbonyl (C=O) groups is 2. The summed E-state index contributed by atoms with van der Waals surface area (Å²) in [7, 11) is 1.45. The summed E-state index contributed by atoms with van der Waals surface area (Å²) < 4.78 is 50.4. The predicted octanol–water partition coefficient (Wildman–Crippen LogP) is 2.94. The van der Waals surface area contributed by atoms with E-state index in [1.54, 1.807) is 13.8 Å². The standard InChI is InChI=1S/C20H28F3N3O4/c1-4-19(5-2,18(28)24-3)26-17(27)16-15(10-14(11-25-16)20(21,22)23)30-12-13-6-8-29-9-7-13/h10-11,13H,4-9,12H2,1-3H3,(H,24,28)(H,26,27). The number of hydrogen-bond acceptors (Lipinski definition) is 5. The molecule has 0 radical (unpaired) electrons. The van der Waals surface area contributed by atoms with E-state index in [2.05, 4.69) is 15.6 Å². The molecule has 2 N–H and O–H groups in total.